The normalized spacial score (nSPS) is 16.0. The lowest BCUT2D eigenvalue weighted by Gasteiger charge is -2.33. The Balaban J connectivity index is 1.79. The first-order chi connectivity index (χ1) is 10.1. The number of nitriles is 1. The molecule has 0 aromatic heterocycles. The highest BCUT2D eigenvalue weighted by molar-refractivity contribution is 5.78. The summed E-state index contributed by atoms with van der Waals surface area (Å²) in [5.74, 6) is 0.346. The number of likely N-dealkylation sites (tertiary alicyclic amines) is 1. The SMILES string of the molecule is CC(C)C(=O)N1CCC(NCc2cccc(C#N)c2)CC1. The van der Waals surface area contributed by atoms with Crippen LogP contribution in [0.5, 0.6) is 0 Å². The zero-order valence-electron chi connectivity index (χ0n) is 12.8. The molecule has 1 aliphatic rings. The first-order valence-corrected chi connectivity index (χ1v) is 7.61. The maximum absolute atomic E-state index is 11.9. The van der Waals surface area contributed by atoms with Gasteiger partial charge < -0.3 is 10.2 Å². The van der Waals surface area contributed by atoms with Crippen molar-refractivity contribution in [1.29, 1.82) is 5.26 Å². The number of benzene rings is 1. The molecule has 4 nitrogen and oxygen atoms in total. The monoisotopic (exact) mass is 285 g/mol. The summed E-state index contributed by atoms with van der Waals surface area (Å²) in [6.45, 7) is 6.36. The van der Waals surface area contributed by atoms with E-state index < -0.39 is 0 Å². The molecule has 0 bridgehead atoms. The molecule has 1 amide bonds. The van der Waals surface area contributed by atoms with E-state index in [1.54, 1.807) is 0 Å². The number of carbonyl (C=O) groups excluding carboxylic acids is 1. The van der Waals surface area contributed by atoms with Crippen LogP contribution in [-0.2, 0) is 11.3 Å². The van der Waals surface area contributed by atoms with E-state index in [1.165, 1.54) is 0 Å². The van der Waals surface area contributed by atoms with Gasteiger partial charge in [0.2, 0.25) is 5.91 Å². The molecule has 2 rings (SSSR count). The number of hydrogen-bond acceptors (Lipinski definition) is 3. The summed E-state index contributed by atoms with van der Waals surface area (Å²) in [6.07, 6.45) is 1.99. The second-order valence-corrected chi connectivity index (χ2v) is 5.95. The molecule has 1 saturated heterocycles. The van der Waals surface area contributed by atoms with Crippen LogP contribution >= 0.6 is 0 Å². The molecule has 0 aliphatic carbocycles. The largest absolute Gasteiger partial charge is 0.342 e. The Labute approximate surface area is 126 Å². The van der Waals surface area contributed by atoms with Gasteiger partial charge in [0.15, 0.2) is 0 Å². The van der Waals surface area contributed by atoms with Crippen molar-refractivity contribution >= 4 is 5.91 Å². The summed E-state index contributed by atoms with van der Waals surface area (Å²) in [5.41, 5.74) is 1.83. The molecule has 0 atom stereocenters. The van der Waals surface area contributed by atoms with Gasteiger partial charge in [0.1, 0.15) is 0 Å². The maximum Gasteiger partial charge on any atom is 0.225 e. The summed E-state index contributed by atoms with van der Waals surface area (Å²) in [7, 11) is 0. The van der Waals surface area contributed by atoms with Crippen LogP contribution < -0.4 is 5.32 Å². The molecule has 1 N–H and O–H groups in total. The predicted molar refractivity (Wildman–Crippen MR) is 82.4 cm³/mol. The topological polar surface area (TPSA) is 56.1 Å². The molecule has 1 aromatic rings. The summed E-state index contributed by atoms with van der Waals surface area (Å²) in [6, 6.07) is 10.3. The minimum atomic E-state index is 0.0863. The minimum absolute atomic E-state index is 0.0863. The van der Waals surface area contributed by atoms with Crippen molar-refractivity contribution < 1.29 is 4.79 Å². The van der Waals surface area contributed by atoms with Crippen LogP contribution in [0.1, 0.15) is 37.8 Å². The predicted octanol–water partition coefficient (Wildman–Crippen LogP) is 2.29. The van der Waals surface area contributed by atoms with Crippen molar-refractivity contribution in [3.05, 3.63) is 35.4 Å². The van der Waals surface area contributed by atoms with E-state index in [0.29, 0.717) is 11.6 Å². The van der Waals surface area contributed by atoms with E-state index in [-0.39, 0.29) is 11.8 Å². The Morgan fingerprint density at radius 3 is 2.76 bits per heavy atom. The Bertz CT molecular complexity index is 525. The number of nitrogens with zero attached hydrogens (tertiary/aromatic N) is 2. The number of rotatable bonds is 4. The van der Waals surface area contributed by atoms with Crippen LogP contribution in [0.15, 0.2) is 24.3 Å². The molecule has 0 saturated carbocycles. The smallest absolute Gasteiger partial charge is 0.225 e. The summed E-state index contributed by atoms with van der Waals surface area (Å²) in [4.78, 5) is 13.9. The van der Waals surface area contributed by atoms with Gasteiger partial charge in [-0.3, -0.25) is 4.79 Å². The van der Waals surface area contributed by atoms with Crippen molar-refractivity contribution in [2.24, 2.45) is 5.92 Å². The standard InChI is InChI=1S/C17H23N3O/c1-13(2)17(21)20-8-6-16(7-9-20)19-12-15-5-3-4-14(10-15)11-18/h3-5,10,13,16,19H,6-9,12H2,1-2H3. The molecule has 1 fully saturated rings. The van der Waals surface area contributed by atoms with Gasteiger partial charge in [0.05, 0.1) is 11.6 Å². The van der Waals surface area contributed by atoms with Crippen LogP contribution in [-0.4, -0.2) is 29.9 Å². The van der Waals surface area contributed by atoms with Crippen LogP contribution in [0, 0.1) is 17.2 Å². The lowest BCUT2D eigenvalue weighted by atomic mass is 10.0. The molecule has 1 aliphatic heterocycles. The molecule has 112 valence electrons. The van der Waals surface area contributed by atoms with Gasteiger partial charge >= 0.3 is 0 Å². The number of piperidine rings is 1. The molecule has 1 heterocycles. The van der Waals surface area contributed by atoms with Crippen molar-refractivity contribution in [2.75, 3.05) is 13.1 Å². The van der Waals surface area contributed by atoms with Gasteiger partial charge in [-0.1, -0.05) is 26.0 Å². The lowest BCUT2D eigenvalue weighted by molar-refractivity contribution is -0.135. The second-order valence-electron chi connectivity index (χ2n) is 5.95. The number of nitrogens with one attached hydrogen (secondary N) is 1. The molecule has 21 heavy (non-hydrogen) atoms. The lowest BCUT2D eigenvalue weighted by Crippen LogP contribution is -2.45. The fourth-order valence-electron chi connectivity index (χ4n) is 2.68. The van der Waals surface area contributed by atoms with Gasteiger partial charge in [-0.15, -0.1) is 0 Å². The van der Waals surface area contributed by atoms with Gasteiger partial charge in [0.25, 0.3) is 0 Å². The van der Waals surface area contributed by atoms with Crippen molar-refractivity contribution in [3.63, 3.8) is 0 Å². The third-order valence-corrected chi connectivity index (χ3v) is 3.95. The third-order valence-electron chi connectivity index (χ3n) is 3.95. The Kier molecular flexibility index (Phi) is 5.35. The highest BCUT2D eigenvalue weighted by Crippen LogP contribution is 2.14. The summed E-state index contributed by atoms with van der Waals surface area (Å²) in [5, 5.41) is 12.4. The van der Waals surface area contributed by atoms with E-state index >= 15 is 0 Å². The maximum atomic E-state index is 11.9. The van der Waals surface area contributed by atoms with E-state index in [4.69, 9.17) is 5.26 Å². The van der Waals surface area contributed by atoms with Gasteiger partial charge in [0, 0.05) is 31.6 Å². The molecule has 0 unspecified atom stereocenters. The van der Waals surface area contributed by atoms with Crippen LogP contribution in [0.4, 0.5) is 0 Å². The van der Waals surface area contributed by atoms with E-state index in [1.807, 2.05) is 43.0 Å². The third kappa shape index (κ3) is 4.30. The fraction of sp³-hybridized carbons (Fsp3) is 0.529. The van der Waals surface area contributed by atoms with E-state index in [0.717, 1.165) is 38.0 Å². The highest BCUT2D eigenvalue weighted by atomic mass is 16.2. The minimum Gasteiger partial charge on any atom is -0.342 e. The number of carbonyl (C=O) groups is 1. The molecule has 0 radical (unpaired) electrons. The molecule has 0 spiro atoms. The first kappa shape index (κ1) is 15.5. The first-order valence-electron chi connectivity index (χ1n) is 7.61. The van der Waals surface area contributed by atoms with Crippen molar-refractivity contribution in [1.82, 2.24) is 10.2 Å². The van der Waals surface area contributed by atoms with E-state index in [9.17, 15) is 4.79 Å². The quantitative estimate of drug-likeness (QED) is 0.923. The zero-order chi connectivity index (χ0) is 15.2. The highest BCUT2D eigenvalue weighted by Gasteiger charge is 2.23. The Morgan fingerprint density at radius 1 is 1.43 bits per heavy atom. The van der Waals surface area contributed by atoms with Crippen LogP contribution in [0.25, 0.3) is 0 Å². The molecule has 4 heteroatoms. The van der Waals surface area contributed by atoms with Gasteiger partial charge in [-0.2, -0.15) is 5.26 Å². The van der Waals surface area contributed by atoms with Crippen LogP contribution in [0.2, 0.25) is 0 Å². The van der Waals surface area contributed by atoms with Crippen LogP contribution in [0.3, 0.4) is 0 Å². The molecular formula is C17H23N3O. The summed E-state index contributed by atoms with van der Waals surface area (Å²) >= 11 is 0. The number of amides is 1. The van der Waals surface area contributed by atoms with Crippen molar-refractivity contribution in [3.8, 4) is 6.07 Å². The second kappa shape index (κ2) is 7.24. The van der Waals surface area contributed by atoms with E-state index in [2.05, 4.69) is 11.4 Å². The molecule has 1 aromatic carbocycles. The van der Waals surface area contributed by atoms with Crippen molar-refractivity contribution in [2.45, 2.75) is 39.3 Å². The van der Waals surface area contributed by atoms with Gasteiger partial charge in [-0.25, -0.2) is 0 Å². The van der Waals surface area contributed by atoms with Gasteiger partial charge in [-0.05, 0) is 30.5 Å². The average molecular weight is 285 g/mol. The Morgan fingerprint density at radius 2 is 2.14 bits per heavy atom. The zero-order valence-corrected chi connectivity index (χ0v) is 12.8. The Hall–Kier alpha value is -1.86. The number of hydrogen-bond donors (Lipinski definition) is 1. The fourth-order valence-corrected chi connectivity index (χ4v) is 2.68. The average Bonchev–Trinajstić information content (AvgIpc) is 2.53. The summed E-state index contributed by atoms with van der Waals surface area (Å²) < 4.78 is 0. The molecular weight excluding hydrogens is 262 g/mol.